The van der Waals surface area contributed by atoms with Crippen LogP contribution in [0.1, 0.15) is 63.5 Å². The molecule has 0 bridgehead atoms. The predicted octanol–water partition coefficient (Wildman–Crippen LogP) is 2.70. The van der Waals surface area contributed by atoms with Crippen molar-refractivity contribution in [2.75, 3.05) is 5.73 Å². The second-order valence-electron chi connectivity index (χ2n) is 5.19. The zero-order valence-electron chi connectivity index (χ0n) is 10.8. The molecule has 1 saturated carbocycles. The molecule has 4 nitrogen and oxygen atoms in total. The SMILES string of the molecule is CCCc1nc(N)nc(C2CCCC(C)C2)n1. The number of hydrogen-bond donors (Lipinski definition) is 1. The van der Waals surface area contributed by atoms with Gasteiger partial charge in [0, 0.05) is 12.3 Å². The Morgan fingerprint density at radius 1 is 1.24 bits per heavy atom. The monoisotopic (exact) mass is 234 g/mol. The normalized spacial score (nSPS) is 24.8. The Morgan fingerprint density at radius 3 is 2.76 bits per heavy atom. The summed E-state index contributed by atoms with van der Waals surface area (Å²) in [6.45, 7) is 4.44. The van der Waals surface area contributed by atoms with Crippen LogP contribution in [0.2, 0.25) is 0 Å². The number of nitrogens with zero attached hydrogens (tertiary/aromatic N) is 3. The Labute approximate surface area is 103 Å². The fourth-order valence-electron chi connectivity index (χ4n) is 2.64. The fourth-order valence-corrected chi connectivity index (χ4v) is 2.64. The third-order valence-electron chi connectivity index (χ3n) is 3.49. The fraction of sp³-hybridized carbons (Fsp3) is 0.769. The summed E-state index contributed by atoms with van der Waals surface area (Å²) in [4.78, 5) is 13.1. The zero-order valence-corrected chi connectivity index (χ0v) is 10.8. The molecule has 1 aliphatic rings. The van der Waals surface area contributed by atoms with Gasteiger partial charge < -0.3 is 5.73 Å². The molecule has 1 aromatic heterocycles. The topological polar surface area (TPSA) is 64.7 Å². The van der Waals surface area contributed by atoms with Gasteiger partial charge in [-0.25, -0.2) is 4.98 Å². The Bertz CT molecular complexity index is 378. The van der Waals surface area contributed by atoms with E-state index in [1.165, 1.54) is 25.7 Å². The summed E-state index contributed by atoms with van der Waals surface area (Å²) in [5.74, 6) is 3.43. The number of aryl methyl sites for hydroxylation is 1. The molecule has 1 aliphatic carbocycles. The van der Waals surface area contributed by atoms with Crippen LogP contribution in [-0.4, -0.2) is 15.0 Å². The minimum Gasteiger partial charge on any atom is -0.368 e. The highest BCUT2D eigenvalue weighted by Crippen LogP contribution is 2.34. The van der Waals surface area contributed by atoms with Crippen molar-refractivity contribution in [2.45, 2.75) is 58.3 Å². The molecule has 1 heterocycles. The molecular weight excluding hydrogens is 212 g/mol. The van der Waals surface area contributed by atoms with Crippen LogP contribution < -0.4 is 5.73 Å². The lowest BCUT2D eigenvalue weighted by Gasteiger charge is -2.25. The van der Waals surface area contributed by atoms with Crippen molar-refractivity contribution in [3.8, 4) is 0 Å². The van der Waals surface area contributed by atoms with E-state index in [-0.39, 0.29) is 0 Å². The van der Waals surface area contributed by atoms with Crippen LogP contribution in [0, 0.1) is 5.92 Å². The molecule has 2 N–H and O–H groups in total. The molecule has 0 aromatic carbocycles. The number of rotatable bonds is 3. The van der Waals surface area contributed by atoms with Crippen LogP contribution in [0.15, 0.2) is 0 Å². The lowest BCUT2D eigenvalue weighted by Crippen LogP contribution is -2.17. The predicted molar refractivity (Wildman–Crippen MR) is 68.6 cm³/mol. The summed E-state index contributed by atoms with van der Waals surface area (Å²) >= 11 is 0. The first-order valence-electron chi connectivity index (χ1n) is 6.69. The van der Waals surface area contributed by atoms with E-state index in [0.717, 1.165) is 30.4 Å². The average molecular weight is 234 g/mol. The van der Waals surface area contributed by atoms with Gasteiger partial charge in [-0.2, -0.15) is 9.97 Å². The van der Waals surface area contributed by atoms with Gasteiger partial charge in [0.05, 0.1) is 0 Å². The molecule has 1 fully saturated rings. The van der Waals surface area contributed by atoms with E-state index in [1.54, 1.807) is 0 Å². The van der Waals surface area contributed by atoms with Gasteiger partial charge in [0.15, 0.2) is 0 Å². The van der Waals surface area contributed by atoms with E-state index in [1.807, 2.05) is 0 Å². The Balaban J connectivity index is 2.18. The maximum Gasteiger partial charge on any atom is 0.223 e. The number of nitrogen functional groups attached to an aromatic ring is 1. The van der Waals surface area contributed by atoms with Crippen LogP contribution in [0.3, 0.4) is 0 Å². The molecule has 0 radical (unpaired) electrons. The quantitative estimate of drug-likeness (QED) is 0.873. The standard InChI is InChI=1S/C13H22N4/c1-3-5-11-15-12(17-13(14)16-11)10-7-4-6-9(2)8-10/h9-10H,3-8H2,1-2H3,(H2,14,15,16,17). The minimum atomic E-state index is 0.386. The molecule has 17 heavy (non-hydrogen) atoms. The largest absolute Gasteiger partial charge is 0.368 e. The second-order valence-corrected chi connectivity index (χ2v) is 5.19. The van der Waals surface area contributed by atoms with Gasteiger partial charge in [0.1, 0.15) is 11.6 Å². The van der Waals surface area contributed by atoms with Gasteiger partial charge in [0.25, 0.3) is 0 Å². The molecule has 0 saturated heterocycles. The Kier molecular flexibility index (Phi) is 3.92. The summed E-state index contributed by atoms with van der Waals surface area (Å²) in [6, 6.07) is 0. The van der Waals surface area contributed by atoms with Crippen LogP contribution in [0.25, 0.3) is 0 Å². The molecule has 0 spiro atoms. The first-order valence-corrected chi connectivity index (χ1v) is 6.69. The molecule has 4 heteroatoms. The van der Waals surface area contributed by atoms with Gasteiger partial charge in [0.2, 0.25) is 5.95 Å². The highest BCUT2D eigenvalue weighted by Gasteiger charge is 2.23. The molecule has 1 aromatic rings. The van der Waals surface area contributed by atoms with Gasteiger partial charge >= 0.3 is 0 Å². The van der Waals surface area contributed by atoms with Crippen molar-refractivity contribution in [1.82, 2.24) is 15.0 Å². The van der Waals surface area contributed by atoms with Crippen LogP contribution in [-0.2, 0) is 6.42 Å². The van der Waals surface area contributed by atoms with Gasteiger partial charge in [-0.15, -0.1) is 0 Å². The van der Waals surface area contributed by atoms with Crippen molar-refractivity contribution >= 4 is 5.95 Å². The summed E-state index contributed by atoms with van der Waals surface area (Å²) < 4.78 is 0. The van der Waals surface area contributed by atoms with Gasteiger partial charge in [-0.1, -0.05) is 26.7 Å². The van der Waals surface area contributed by atoms with Crippen molar-refractivity contribution in [3.63, 3.8) is 0 Å². The first-order chi connectivity index (χ1) is 8.19. The Morgan fingerprint density at radius 2 is 2.06 bits per heavy atom. The van der Waals surface area contributed by atoms with E-state index in [9.17, 15) is 0 Å². The van der Waals surface area contributed by atoms with E-state index >= 15 is 0 Å². The third kappa shape index (κ3) is 3.14. The number of nitrogens with two attached hydrogens (primary N) is 1. The summed E-state index contributed by atoms with van der Waals surface area (Å²) in [5.41, 5.74) is 5.77. The molecule has 0 amide bonds. The molecule has 2 atom stereocenters. The molecule has 2 unspecified atom stereocenters. The highest BCUT2D eigenvalue weighted by atomic mass is 15.1. The lowest BCUT2D eigenvalue weighted by molar-refractivity contribution is 0.334. The number of aromatic nitrogens is 3. The van der Waals surface area contributed by atoms with Crippen LogP contribution in [0.5, 0.6) is 0 Å². The molecular formula is C13H22N4. The Hall–Kier alpha value is -1.19. The van der Waals surface area contributed by atoms with Crippen LogP contribution >= 0.6 is 0 Å². The molecule has 0 aliphatic heterocycles. The summed E-state index contributed by atoms with van der Waals surface area (Å²) in [6.07, 6.45) is 6.93. The first kappa shape index (κ1) is 12.3. The van der Waals surface area contributed by atoms with Crippen molar-refractivity contribution in [3.05, 3.63) is 11.6 Å². The van der Waals surface area contributed by atoms with Gasteiger partial charge in [-0.05, 0) is 25.2 Å². The summed E-state index contributed by atoms with van der Waals surface area (Å²) in [7, 11) is 0. The number of anilines is 1. The summed E-state index contributed by atoms with van der Waals surface area (Å²) in [5, 5.41) is 0. The van der Waals surface area contributed by atoms with E-state index < -0.39 is 0 Å². The highest BCUT2D eigenvalue weighted by molar-refractivity contribution is 5.18. The van der Waals surface area contributed by atoms with E-state index in [2.05, 4.69) is 28.8 Å². The van der Waals surface area contributed by atoms with E-state index in [4.69, 9.17) is 5.73 Å². The molecule has 94 valence electrons. The van der Waals surface area contributed by atoms with Gasteiger partial charge in [-0.3, -0.25) is 0 Å². The van der Waals surface area contributed by atoms with Crippen molar-refractivity contribution in [1.29, 1.82) is 0 Å². The minimum absolute atomic E-state index is 0.386. The number of hydrogen-bond acceptors (Lipinski definition) is 4. The smallest absolute Gasteiger partial charge is 0.223 e. The van der Waals surface area contributed by atoms with E-state index in [0.29, 0.717) is 11.9 Å². The molecule has 2 rings (SSSR count). The second kappa shape index (κ2) is 5.43. The third-order valence-corrected chi connectivity index (χ3v) is 3.49. The maximum absolute atomic E-state index is 5.77. The van der Waals surface area contributed by atoms with Crippen molar-refractivity contribution in [2.24, 2.45) is 5.92 Å². The lowest BCUT2D eigenvalue weighted by atomic mass is 9.82. The van der Waals surface area contributed by atoms with Crippen LogP contribution in [0.4, 0.5) is 5.95 Å². The zero-order chi connectivity index (χ0) is 12.3. The maximum atomic E-state index is 5.77. The van der Waals surface area contributed by atoms with Crippen molar-refractivity contribution < 1.29 is 0 Å². The average Bonchev–Trinajstić information content (AvgIpc) is 2.28.